The lowest BCUT2D eigenvalue weighted by Gasteiger charge is -2.30. The van der Waals surface area contributed by atoms with Crippen molar-refractivity contribution in [2.24, 2.45) is 17.4 Å². The van der Waals surface area contributed by atoms with Crippen LogP contribution in [0.15, 0.2) is 30.3 Å². The summed E-state index contributed by atoms with van der Waals surface area (Å²) in [5.74, 6) is -39.9. The zero-order chi connectivity index (χ0) is 113. The van der Waals surface area contributed by atoms with Gasteiger partial charge in [0.1, 0.15) is 103 Å². The lowest BCUT2D eigenvalue weighted by atomic mass is 10.0. The Labute approximate surface area is 845 Å². The first kappa shape index (κ1) is 127. The third-order valence-corrected chi connectivity index (χ3v) is 22.3. The van der Waals surface area contributed by atoms with Crippen LogP contribution in [-0.2, 0) is 141 Å². The molecule has 18 atom stereocenters. The molecule has 0 aliphatic carbocycles. The van der Waals surface area contributed by atoms with Crippen molar-refractivity contribution in [3.8, 4) is 0 Å². The number of hydrogen-bond donors (Lipinski definition) is 32. The fraction of sp³-hybridized carbons (Fsp3) is 0.593. The molecular formula is C86H126N22O41. The molecule has 63 heteroatoms. The number of carboxylic acid groups (broad SMARTS) is 8. The lowest BCUT2D eigenvalue weighted by Crippen LogP contribution is -2.62. The molecule has 1 aromatic carbocycles. The van der Waals surface area contributed by atoms with Crippen molar-refractivity contribution in [2.75, 3.05) is 52.5 Å². The maximum atomic E-state index is 14.6. The molecule has 3 rings (SSSR count). The smallest absolute Gasteiger partial charge is 0.326 e. The maximum Gasteiger partial charge on any atom is 0.326 e. The van der Waals surface area contributed by atoms with Gasteiger partial charge in [-0.25, -0.2) is 9.59 Å². The number of hydrogen-bond acceptors (Lipinski definition) is 33. The third-order valence-electron chi connectivity index (χ3n) is 22.3. The Morgan fingerprint density at radius 3 is 1.08 bits per heavy atom. The molecule has 149 heavy (non-hydrogen) atoms. The largest absolute Gasteiger partial charge is 0.481 e. The molecule has 826 valence electrons. The number of rotatable bonds is 68. The van der Waals surface area contributed by atoms with Gasteiger partial charge >= 0.3 is 53.8 Å². The molecule has 0 radical (unpaired) electrons. The summed E-state index contributed by atoms with van der Waals surface area (Å²) in [6.07, 6.45) is -15.1. The highest BCUT2D eigenvalue weighted by atomic mass is 16.4. The molecule has 2 heterocycles. The van der Waals surface area contributed by atoms with Crippen LogP contribution in [0.2, 0.25) is 0 Å². The zero-order valence-electron chi connectivity index (χ0n) is 80.9. The number of nitrogens with two attached hydrogens (primary N) is 2. The molecule has 0 saturated carbocycles. The summed E-state index contributed by atoms with van der Waals surface area (Å²) in [6, 6.07) is -26.3. The third kappa shape index (κ3) is 45.8. The zero-order valence-corrected chi connectivity index (χ0v) is 80.9. The summed E-state index contributed by atoms with van der Waals surface area (Å²) in [5.41, 5.74) is 10.8. The van der Waals surface area contributed by atoms with Crippen LogP contribution in [0.1, 0.15) is 155 Å². The van der Waals surface area contributed by atoms with Crippen LogP contribution in [0.3, 0.4) is 0 Å². The average Bonchev–Trinajstić information content (AvgIpc) is 1.29. The van der Waals surface area contributed by atoms with Crippen molar-refractivity contribution in [3.63, 3.8) is 0 Å². The Balaban J connectivity index is 1.87. The minimum absolute atomic E-state index is 0.0314. The van der Waals surface area contributed by atoms with Gasteiger partial charge in [0.05, 0.1) is 58.3 Å². The van der Waals surface area contributed by atoms with E-state index in [1.165, 1.54) is 44.2 Å². The van der Waals surface area contributed by atoms with Gasteiger partial charge in [-0.05, 0) is 89.0 Å². The van der Waals surface area contributed by atoms with E-state index in [0.717, 1.165) is 23.6 Å². The second kappa shape index (κ2) is 63.7. The van der Waals surface area contributed by atoms with Crippen LogP contribution in [-0.4, -0.2) is 404 Å². The Morgan fingerprint density at radius 1 is 0.342 bits per heavy atom. The number of primary amides is 2. The summed E-state index contributed by atoms with van der Waals surface area (Å²) >= 11 is 0. The molecule has 2 saturated heterocycles. The summed E-state index contributed by atoms with van der Waals surface area (Å²) in [4.78, 5) is 383. The van der Waals surface area contributed by atoms with Crippen molar-refractivity contribution in [1.82, 2.24) is 106 Å². The monoisotopic (exact) mass is 2120 g/mol. The molecule has 22 amide bonds. The normalized spacial score (nSPS) is 16.2. The number of urea groups is 1. The van der Waals surface area contributed by atoms with Crippen molar-refractivity contribution in [3.05, 3.63) is 35.9 Å². The number of carbonyl (C=O) groups is 29. The number of carbonyl (C=O) groups excluding carboxylic acids is 21. The van der Waals surface area contributed by atoms with Crippen molar-refractivity contribution in [2.45, 2.75) is 265 Å². The van der Waals surface area contributed by atoms with Gasteiger partial charge < -0.3 is 178 Å². The topological polar surface area (TPSA) is 1010 Å². The van der Waals surface area contributed by atoms with Crippen LogP contribution in [0, 0.1) is 5.92 Å². The van der Waals surface area contributed by atoms with E-state index in [9.17, 15) is 200 Å². The molecule has 63 nitrogen and oxygen atoms in total. The van der Waals surface area contributed by atoms with Gasteiger partial charge in [0.2, 0.25) is 118 Å². The number of amides is 22. The number of nitrogens with zero attached hydrogens (tertiary/aromatic N) is 2. The predicted octanol–water partition coefficient (Wildman–Crippen LogP) is -14.6. The van der Waals surface area contributed by atoms with Gasteiger partial charge in [-0.2, -0.15) is 0 Å². The van der Waals surface area contributed by atoms with Crippen LogP contribution >= 0.6 is 0 Å². The number of nitrogens with one attached hydrogen (secondary N) is 18. The first-order valence-electron chi connectivity index (χ1n) is 46.2. The van der Waals surface area contributed by atoms with E-state index in [2.05, 4.69) is 74.4 Å². The quantitative estimate of drug-likeness (QED) is 0.0269. The molecular weight excluding hydrogens is 2000 g/mol. The van der Waals surface area contributed by atoms with Gasteiger partial charge in [0.25, 0.3) is 0 Å². The fourth-order valence-corrected chi connectivity index (χ4v) is 14.7. The molecule has 1 aromatic rings. The summed E-state index contributed by atoms with van der Waals surface area (Å²) in [6.45, 7) is -1.98. The second-order valence-electron chi connectivity index (χ2n) is 34.4. The standard InChI is InChI=1S/C86H126N22O41/c1-38(2)67(105-75(137)47(20-25-64(125)126)98-74(136)46(19-24-63(123)124)97-73(135)45(18-23-62(121)122)96-72(134)44(17-22-61(119)120)95-71(133)43(92-40(4)113)16-21-60(117)118)82(144)99-42(13-8-26-89-86(88)149)70(132)102-50(31-65(127)128)76(138)100-48(29-41-11-6-5-7-12-41)77(139)106-68(39(3)112)81(143)91-34-59(116)94-52(35-109)78(140)101-49(30-57(87)114)69(131)90-33-58(115)93-51(32-66(129)130)83(145)107-27-9-14-55(107)80(142)103-53(36-110)79(141)104-54(37-111)84(146)108-28-10-15-56(108)85(147)148/h5-7,11-12,38-39,42-56,67-68,109-112H,8-10,13-37H2,1-4H3,(H2,87,114)(H,90,131)(H,91,143)(H,92,113)(H,93,115)(H,94,116)(H,95,133)(H,96,134)(H,97,135)(H,98,136)(H,99,144)(H,100,138)(H,101,140)(H,102,132)(H,103,142)(H,104,141)(H,105,137)(H,106,139)(H,117,118)(H,119,120)(H,121,122)(H,123,124)(H,125,126)(H,127,128)(H,129,130)(H,147,148)(H3,88,89,149)/t39-,42+,43+,44+,45+,46+,47+,48+,49+,50+,51+,52+,53+,54+,55+,56+,67+,68+/m1/s1. The number of aliphatic hydroxyl groups is 4. The van der Waals surface area contributed by atoms with Crippen LogP contribution < -0.4 is 107 Å². The summed E-state index contributed by atoms with van der Waals surface area (Å²) in [7, 11) is 0. The highest BCUT2D eigenvalue weighted by Crippen LogP contribution is 2.23. The van der Waals surface area contributed by atoms with E-state index in [1.54, 1.807) is 0 Å². The second-order valence-corrected chi connectivity index (χ2v) is 34.4. The van der Waals surface area contributed by atoms with Gasteiger partial charge in [-0.15, -0.1) is 0 Å². The van der Waals surface area contributed by atoms with E-state index in [4.69, 9.17) is 11.5 Å². The van der Waals surface area contributed by atoms with Crippen LogP contribution in [0.5, 0.6) is 0 Å². The van der Waals surface area contributed by atoms with Crippen LogP contribution in [0.4, 0.5) is 4.79 Å². The Kier molecular flexibility index (Phi) is 54.1. The Hall–Kier alpha value is -16.5. The first-order chi connectivity index (χ1) is 69.9. The Bertz CT molecular complexity index is 5030. The van der Waals surface area contributed by atoms with E-state index in [0.29, 0.717) is 0 Å². The van der Waals surface area contributed by atoms with E-state index in [1.807, 2.05) is 21.3 Å². The number of aliphatic hydroxyl groups excluding tert-OH is 4. The van der Waals surface area contributed by atoms with Crippen molar-refractivity contribution < 1.29 is 200 Å². The number of likely N-dealkylation sites (tertiary alicyclic amines) is 2. The molecule has 0 bridgehead atoms. The van der Waals surface area contributed by atoms with E-state index in [-0.39, 0.29) is 57.3 Å². The number of aliphatic carboxylic acids is 8. The molecule has 0 aromatic heterocycles. The van der Waals surface area contributed by atoms with Gasteiger partial charge in [-0.3, -0.25) is 129 Å². The highest BCUT2D eigenvalue weighted by molar-refractivity contribution is 6.03. The molecule has 0 unspecified atom stereocenters. The number of carboxylic acids is 8. The minimum atomic E-state index is -2.26. The van der Waals surface area contributed by atoms with Gasteiger partial charge in [-0.1, -0.05) is 44.2 Å². The van der Waals surface area contributed by atoms with E-state index < -0.39 is 416 Å². The predicted molar refractivity (Wildman–Crippen MR) is 495 cm³/mol. The average molecular weight is 2120 g/mol. The highest BCUT2D eigenvalue weighted by Gasteiger charge is 2.45. The molecule has 2 fully saturated rings. The fourth-order valence-electron chi connectivity index (χ4n) is 14.7. The molecule has 0 spiro atoms. The molecule has 2 aliphatic heterocycles. The van der Waals surface area contributed by atoms with Gasteiger partial charge in [0.15, 0.2) is 0 Å². The van der Waals surface area contributed by atoms with E-state index >= 15 is 0 Å². The molecule has 2 aliphatic rings. The minimum Gasteiger partial charge on any atom is -0.481 e. The van der Waals surface area contributed by atoms with Gasteiger partial charge in [0, 0.05) is 65.1 Å². The van der Waals surface area contributed by atoms with Crippen LogP contribution in [0.25, 0.3) is 0 Å². The Morgan fingerprint density at radius 2 is 0.678 bits per heavy atom. The summed E-state index contributed by atoms with van der Waals surface area (Å²) < 4.78 is 0. The summed E-state index contributed by atoms with van der Waals surface area (Å²) in [5, 5.41) is 157. The lowest BCUT2D eigenvalue weighted by molar-refractivity contribution is -0.150. The van der Waals surface area contributed by atoms with Crippen molar-refractivity contribution >= 4 is 172 Å². The number of benzene rings is 1. The van der Waals surface area contributed by atoms with Crippen molar-refractivity contribution in [1.29, 1.82) is 0 Å². The first-order valence-corrected chi connectivity index (χ1v) is 46.2. The maximum absolute atomic E-state index is 14.6. The molecule has 34 N–H and O–H groups in total. The SMILES string of the molecule is CC(=O)N[C@@H](CCC(=O)O)C(=O)N[C@@H](CCC(=O)O)C(=O)N[C@@H](CCC(=O)O)C(=O)N[C@@H](CCC(=O)O)C(=O)N[C@@H](CCC(=O)O)C(=O)N[C@H](C(=O)N[C@@H](CCCNC(N)=O)C(=O)N[C@@H](CC(=O)O)C(=O)N[C@@H](Cc1ccccc1)C(=O)N[C@H](C(=O)NCC(=O)N[C@@H](CO)C(=O)N[C@@H](CC(N)=O)C(=O)NCC(=O)N[C@@H](CC(=O)O)C(=O)N1CCC[C@H]1C(=O)N[C@@H](CO)C(=O)N[C@@H](CO)C(=O)N1CCC[C@H]1C(=O)O)[C@@H](C)O)C(C)C.